The second-order valence-electron chi connectivity index (χ2n) is 6.99. The third-order valence-electron chi connectivity index (χ3n) is 5.61. The molecule has 2 aromatic rings. The number of nitrogens with one attached hydrogen (secondary N) is 1. The molecule has 1 fully saturated rings. The fourth-order valence-electron chi connectivity index (χ4n) is 4.41. The fraction of sp³-hybridized carbons (Fsp3) is 0.421. The van der Waals surface area contributed by atoms with Crippen LogP contribution in [0.2, 0.25) is 10.5 Å². The molecule has 114 valence electrons. The van der Waals surface area contributed by atoms with Gasteiger partial charge in [0, 0.05) is 0 Å². The molecular weight excluding hydrogens is 329 g/mol. The molecule has 3 heterocycles. The molecule has 1 saturated heterocycles. The van der Waals surface area contributed by atoms with Gasteiger partial charge < -0.3 is 0 Å². The summed E-state index contributed by atoms with van der Waals surface area (Å²) in [6.45, 7) is 3.42. The quantitative estimate of drug-likeness (QED) is 0.615. The molecule has 2 aliphatic heterocycles. The number of rotatable bonds is 1. The van der Waals surface area contributed by atoms with Crippen LogP contribution in [0.4, 0.5) is 0 Å². The molecule has 0 radical (unpaired) electrons. The van der Waals surface area contributed by atoms with Crippen molar-refractivity contribution in [3.63, 3.8) is 0 Å². The van der Waals surface area contributed by atoms with E-state index in [4.69, 9.17) is 0 Å². The Bertz CT molecular complexity index is 717. The van der Waals surface area contributed by atoms with Gasteiger partial charge in [0.05, 0.1) is 0 Å². The Balaban J connectivity index is 1.86. The zero-order chi connectivity index (χ0) is 15.2. The summed E-state index contributed by atoms with van der Waals surface area (Å²) in [6, 6.07) is 11.2. The molecule has 2 nitrogen and oxygen atoms in total. The summed E-state index contributed by atoms with van der Waals surface area (Å²) in [5.74, 6) is 0. The van der Waals surface area contributed by atoms with Crippen LogP contribution in [0.3, 0.4) is 0 Å². The Morgan fingerprint density at radius 3 is 2.68 bits per heavy atom. The number of aromatic nitrogens is 1. The molecule has 1 spiro atoms. The SMILES string of the molecule is Cc1ccccc1-c1cc2[c](c[n+]1C)[Ge]1([CH2]CC[CH2]1)[NH]CC2. The van der Waals surface area contributed by atoms with E-state index < -0.39 is 13.5 Å². The van der Waals surface area contributed by atoms with Crippen molar-refractivity contribution in [1.82, 2.24) is 4.27 Å². The van der Waals surface area contributed by atoms with E-state index in [1.807, 2.05) is 0 Å². The van der Waals surface area contributed by atoms with Gasteiger partial charge >= 0.3 is 136 Å². The fourth-order valence-corrected chi connectivity index (χ4v) is 14.7. The van der Waals surface area contributed by atoms with Gasteiger partial charge in [-0.1, -0.05) is 0 Å². The normalized spacial score (nSPS) is 19.4. The standard InChI is InChI=1S/C19H25GeN2/c1-15-7-3-4-8-17(15)19-13-16-9-12-21-20(10-5-6-11-20)18(16)14-22(19)2/h3-4,7-8,13-14,21H,5-6,9-12H2,1-2H3/q+1. The van der Waals surface area contributed by atoms with Crippen LogP contribution in [0.5, 0.6) is 0 Å². The van der Waals surface area contributed by atoms with Gasteiger partial charge in [-0.3, -0.25) is 0 Å². The average molecular weight is 354 g/mol. The van der Waals surface area contributed by atoms with Gasteiger partial charge in [-0.05, 0) is 0 Å². The Morgan fingerprint density at radius 2 is 1.91 bits per heavy atom. The van der Waals surface area contributed by atoms with Crippen LogP contribution in [0.15, 0.2) is 36.5 Å². The Hall–Kier alpha value is -1.13. The number of hydrogen-bond acceptors (Lipinski definition) is 1. The van der Waals surface area contributed by atoms with E-state index in [0.29, 0.717) is 0 Å². The van der Waals surface area contributed by atoms with Crippen molar-refractivity contribution in [2.45, 2.75) is 36.7 Å². The maximum absolute atomic E-state index is 4.02. The van der Waals surface area contributed by atoms with Crippen molar-refractivity contribution in [2.75, 3.05) is 6.54 Å². The van der Waals surface area contributed by atoms with Gasteiger partial charge in [0.15, 0.2) is 0 Å². The summed E-state index contributed by atoms with van der Waals surface area (Å²) >= 11 is -1.95. The number of fused-ring (bicyclic) bond motifs is 2. The monoisotopic (exact) mass is 355 g/mol. The second-order valence-corrected chi connectivity index (χ2v) is 15.5. The molecule has 0 amide bonds. The molecule has 1 N–H and O–H groups in total. The van der Waals surface area contributed by atoms with Crippen molar-refractivity contribution in [2.24, 2.45) is 7.05 Å². The minimum atomic E-state index is -1.95. The summed E-state index contributed by atoms with van der Waals surface area (Å²) in [6.07, 6.45) is 6.56. The van der Waals surface area contributed by atoms with Gasteiger partial charge in [0.25, 0.3) is 0 Å². The summed E-state index contributed by atoms with van der Waals surface area (Å²) in [7, 11) is 2.22. The number of pyridine rings is 1. The predicted octanol–water partition coefficient (Wildman–Crippen LogP) is 2.58. The second kappa shape index (κ2) is 5.50. The van der Waals surface area contributed by atoms with E-state index in [1.165, 1.54) is 53.1 Å². The number of hydrogen-bond donors (Lipinski definition) is 1. The van der Waals surface area contributed by atoms with E-state index in [9.17, 15) is 0 Å². The first-order chi connectivity index (χ1) is 10.7. The van der Waals surface area contributed by atoms with Crippen molar-refractivity contribution in [1.29, 1.82) is 0 Å². The van der Waals surface area contributed by atoms with E-state index in [2.05, 4.69) is 59.3 Å². The van der Waals surface area contributed by atoms with Crippen LogP contribution >= 0.6 is 0 Å². The van der Waals surface area contributed by atoms with E-state index >= 15 is 0 Å². The zero-order valence-electron chi connectivity index (χ0n) is 13.7. The average Bonchev–Trinajstić information content (AvgIpc) is 2.98. The Kier molecular flexibility index (Phi) is 3.62. The van der Waals surface area contributed by atoms with Crippen LogP contribution in [-0.4, -0.2) is 20.0 Å². The first kappa shape index (κ1) is 14.5. The Morgan fingerprint density at radius 1 is 1.14 bits per heavy atom. The van der Waals surface area contributed by atoms with Crippen LogP contribution in [0.25, 0.3) is 11.3 Å². The van der Waals surface area contributed by atoms with Crippen LogP contribution in [0.1, 0.15) is 24.0 Å². The maximum atomic E-state index is 4.02. The molecule has 0 saturated carbocycles. The van der Waals surface area contributed by atoms with Gasteiger partial charge in [0.1, 0.15) is 0 Å². The minimum absolute atomic E-state index is 1.20. The molecule has 0 atom stereocenters. The van der Waals surface area contributed by atoms with Gasteiger partial charge in [-0.2, -0.15) is 0 Å². The van der Waals surface area contributed by atoms with E-state index in [0.717, 1.165) is 0 Å². The molecular formula is C19H25GeN2+. The first-order valence-corrected chi connectivity index (χ1v) is 13.6. The molecule has 0 unspecified atom stereocenters. The van der Waals surface area contributed by atoms with Crippen molar-refractivity contribution >= 4 is 17.9 Å². The summed E-state index contributed by atoms with van der Waals surface area (Å²) in [4.78, 5) is 0. The summed E-state index contributed by atoms with van der Waals surface area (Å²) < 4.78 is 8.14. The van der Waals surface area contributed by atoms with Gasteiger partial charge in [0.2, 0.25) is 0 Å². The van der Waals surface area contributed by atoms with Crippen molar-refractivity contribution in [3.05, 3.63) is 47.7 Å². The molecule has 0 aliphatic carbocycles. The van der Waals surface area contributed by atoms with Gasteiger partial charge in [-0.15, -0.1) is 0 Å². The molecule has 4 rings (SSSR count). The van der Waals surface area contributed by atoms with E-state index in [1.54, 1.807) is 9.96 Å². The molecule has 3 heteroatoms. The van der Waals surface area contributed by atoms with Gasteiger partial charge in [-0.25, -0.2) is 0 Å². The van der Waals surface area contributed by atoms with Crippen molar-refractivity contribution < 1.29 is 4.57 Å². The number of aryl methyl sites for hydroxylation is 2. The van der Waals surface area contributed by atoms with Crippen LogP contribution < -0.4 is 13.2 Å². The molecule has 0 bridgehead atoms. The summed E-state index contributed by atoms with van der Waals surface area (Å²) in [5, 5.41) is 2.97. The topological polar surface area (TPSA) is 15.9 Å². The molecule has 1 aromatic carbocycles. The number of nitrogens with zero attached hydrogens (tertiary/aromatic N) is 1. The molecule has 22 heavy (non-hydrogen) atoms. The number of benzene rings is 1. The molecule has 1 aromatic heterocycles. The summed E-state index contributed by atoms with van der Waals surface area (Å²) in [5.41, 5.74) is 5.75. The van der Waals surface area contributed by atoms with E-state index in [-0.39, 0.29) is 0 Å². The zero-order valence-corrected chi connectivity index (χ0v) is 15.8. The van der Waals surface area contributed by atoms with Crippen molar-refractivity contribution in [3.8, 4) is 11.3 Å². The third-order valence-corrected chi connectivity index (χ3v) is 15.7. The van der Waals surface area contributed by atoms with Crippen LogP contribution in [-0.2, 0) is 13.5 Å². The van der Waals surface area contributed by atoms with Crippen LogP contribution in [0, 0.1) is 6.92 Å². The third kappa shape index (κ3) is 2.24. The molecule has 2 aliphatic rings. The predicted molar refractivity (Wildman–Crippen MR) is 93.7 cm³/mol. The Labute approximate surface area is 136 Å². The first-order valence-electron chi connectivity index (χ1n) is 8.54.